The Bertz CT molecular complexity index is 1080. The summed E-state index contributed by atoms with van der Waals surface area (Å²) in [5.41, 5.74) is 1.79. The van der Waals surface area contributed by atoms with E-state index in [4.69, 9.17) is 27.5 Å². The summed E-state index contributed by atoms with van der Waals surface area (Å²) in [7, 11) is -4.12. The summed E-state index contributed by atoms with van der Waals surface area (Å²) >= 11 is 12.6. The maximum absolute atomic E-state index is 12.8. The lowest BCUT2D eigenvalue weighted by molar-refractivity contribution is 0.292. The van der Waals surface area contributed by atoms with Crippen LogP contribution in [0, 0.1) is 0 Å². The summed E-state index contributed by atoms with van der Waals surface area (Å²) in [6.07, 6.45) is 0.720. The lowest BCUT2D eigenvalue weighted by Crippen LogP contribution is -2.25. The normalized spacial score (nSPS) is 14.1. The highest BCUT2D eigenvalue weighted by atomic mass is 35.5. The Balaban J connectivity index is 1.77. The lowest BCUT2D eigenvalue weighted by atomic mass is 10.1. The molecule has 128 valence electrons. The fourth-order valence-electron chi connectivity index (χ4n) is 3.00. The number of hydrogen-bond donors (Lipinski definition) is 0. The van der Waals surface area contributed by atoms with Gasteiger partial charge in [0, 0.05) is 15.8 Å². The minimum Gasteiger partial charge on any atom is -0.236 e. The second-order valence-electron chi connectivity index (χ2n) is 5.73. The van der Waals surface area contributed by atoms with Gasteiger partial charge in [0.1, 0.15) is 4.90 Å². The average molecular weight is 394 g/mol. The van der Waals surface area contributed by atoms with E-state index >= 15 is 0 Å². The molecule has 1 aliphatic rings. The largest absolute Gasteiger partial charge is 0.319 e. The number of halogens is 2. The van der Waals surface area contributed by atoms with Gasteiger partial charge in [-0.25, -0.2) is 5.06 Å². The molecule has 1 heterocycles. The quantitative estimate of drug-likeness (QED) is 0.639. The molecule has 0 radical (unpaired) electrons. The molecule has 0 saturated heterocycles. The van der Waals surface area contributed by atoms with E-state index < -0.39 is 10.1 Å². The molecule has 0 fully saturated rings. The Morgan fingerprint density at radius 1 is 0.960 bits per heavy atom. The van der Waals surface area contributed by atoms with E-state index in [2.05, 4.69) is 0 Å². The number of hydroxylamine groups is 1. The van der Waals surface area contributed by atoms with Gasteiger partial charge in [0.15, 0.2) is 0 Å². The summed E-state index contributed by atoms with van der Waals surface area (Å²) in [6.45, 7) is 0.456. The zero-order chi connectivity index (χ0) is 17.6. The van der Waals surface area contributed by atoms with Crippen LogP contribution in [0.25, 0.3) is 10.8 Å². The van der Waals surface area contributed by atoms with Crippen LogP contribution in [0.1, 0.15) is 5.56 Å². The summed E-state index contributed by atoms with van der Waals surface area (Å²) in [5.74, 6) is 0. The highest BCUT2D eigenvalue weighted by molar-refractivity contribution is 7.87. The van der Waals surface area contributed by atoms with E-state index in [1.165, 1.54) is 11.1 Å². The van der Waals surface area contributed by atoms with Crippen LogP contribution in [0.15, 0.2) is 59.5 Å². The number of fused-ring (bicyclic) bond motifs is 2. The number of benzene rings is 3. The molecule has 7 heteroatoms. The van der Waals surface area contributed by atoms with E-state index in [1.54, 1.807) is 18.2 Å². The predicted octanol–water partition coefficient (Wildman–Crippen LogP) is 4.83. The van der Waals surface area contributed by atoms with Crippen LogP contribution >= 0.6 is 23.2 Å². The highest BCUT2D eigenvalue weighted by Crippen LogP contribution is 2.37. The lowest BCUT2D eigenvalue weighted by Gasteiger charge is -2.19. The maximum atomic E-state index is 12.8. The molecule has 3 aromatic carbocycles. The second kappa shape index (κ2) is 6.18. The van der Waals surface area contributed by atoms with Crippen molar-refractivity contribution >= 4 is 49.8 Å². The van der Waals surface area contributed by atoms with Crippen LogP contribution in [0.2, 0.25) is 10.0 Å². The van der Waals surface area contributed by atoms with E-state index in [0.717, 1.165) is 17.7 Å². The van der Waals surface area contributed by atoms with Crippen LogP contribution in [-0.2, 0) is 20.8 Å². The van der Waals surface area contributed by atoms with E-state index in [1.807, 2.05) is 30.3 Å². The Morgan fingerprint density at radius 3 is 2.44 bits per heavy atom. The predicted molar refractivity (Wildman–Crippen MR) is 99.7 cm³/mol. The number of nitrogens with zero attached hydrogens (tertiary/aromatic N) is 1. The van der Waals surface area contributed by atoms with E-state index in [0.29, 0.717) is 22.3 Å². The van der Waals surface area contributed by atoms with Gasteiger partial charge in [-0.05, 0) is 24.1 Å². The molecule has 3 aromatic rings. The summed E-state index contributed by atoms with van der Waals surface area (Å²) in [5, 5.41) is 3.06. The zero-order valence-electron chi connectivity index (χ0n) is 12.9. The molecule has 0 saturated carbocycles. The van der Waals surface area contributed by atoms with Crippen molar-refractivity contribution in [2.75, 3.05) is 11.6 Å². The third kappa shape index (κ3) is 2.87. The van der Waals surface area contributed by atoms with Gasteiger partial charge in [-0.15, -0.1) is 4.28 Å². The highest BCUT2D eigenvalue weighted by Gasteiger charge is 2.29. The summed E-state index contributed by atoms with van der Waals surface area (Å²) in [6, 6.07) is 16.0. The van der Waals surface area contributed by atoms with Gasteiger partial charge in [-0.3, -0.25) is 0 Å². The Kier molecular flexibility index (Phi) is 4.12. The van der Waals surface area contributed by atoms with Crippen molar-refractivity contribution in [3.05, 3.63) is 70.2 Å². The topological polar surface area (TPSA) is 46.6 Å². The average Bonchev–Trinajstić information content (AvgIpc) is 3.00. The molecule has 0 N–H and O–H groups in total. The fraction of sp³-hybridized carbons (Fsp3) is 0.111. The molecule has 1 aliphatic heterocycles. The van der Waals surface area contributed by atoms with E-state index in [9.17, 15) is 8.42 Å². The molecule has 0 atom stereocenters. The molecule has 25 heavy (non-hydrogen) atoms. The van der Waals surface area contributed by atoms with Crippen LogP contribution in [0.4, 0.5) is 5.69 Å². The third-order valence-corrected chi connectivity index (χ3v) is 6.27. The van der Waals surface area contributed by atoms with Crippen LogP contribution in [-0.4, -0.2) is 15.0 Å². The Hall–Kier alpha value is -1.79. The first-order valence-electron chi connectivity index (χ1n) is 7.64. The van der Waals surface area contributed by atoms with E-state index in [-0.39, 0.29) is 9.92 Å². The number of hydrogen-bond acceptors (Lipinski definition) is 4. The minimum absolute atomic E-state index is 0.104. The smallest absolute Gasteiger partial charge is 0.236 e. The molecule has 0 spiro atoms. The molecule has 0 amide bonds. The van der Waals surface area contributed by atoms with Crippen molar-refractivity contribution in [3.8, 4) is 0 Å². The second-order valence-corrected chi connectivity index (χ2v) is 8.01. The van der Waals surface area contributed by atoms with Gasteiger partial charge in [-0.1, -0.05) is 65.7 Å². The molecular weight excluding hydrogens is 381 g/mol. The van der Waals surface area contributed by atoms with Gasteiger partial charge >= 0.3 is 10.1 Å². The fourth-order valence-corrected chi connectivity index (χ4v) is 4.90. The minimum atomic E-state index is -4.12. The number of para-hydroxylation sites is 1. The van der Waals surface area contributed by atoms with Gasteiger partial charge in [0.25, 0.3) is 0 Å². The number of anilines is 1. The molecule has 0 bridgehead atoms. The van der Waals surface area contributed by atoms with Crippen molar-refractivity contribution in [2.24, 2.45) is 0 Å². The molecule has 0 aliphatic carbocycles. The van der Waals surface area contributed by atoms with Gasteiger partial charge in [0.2, 0.25) is 0 Å². The van der Waals surface area contributed by atoms with Crippen LogP contribution in [0.3, 0.4) is 0 Å². The van der Waals surface area contributed by atoms with Gasteiger partial charge < -0.3 is 0 Å². The third-order valence-electron chi connectivity index (χ3n) is 4.20. The Morgan fingerprint density at radius 2 is 1.64 bits per heavy atom. The molecule has 0 aromatic heterocycles. The standard InChI is InChI=1S/C18H13Cl2NO3S/c19-15-11-17(18(20)14-7-3-2-6-13(14)15)25(22,23)24-21-10-9-12-5-1-4-8-16(12)21/h1-8,11H,9-10H2. The summed E-state index contributed by atoms with van der Waals surface area (Å²) in [4.78, 5) is -0.137. The van der Waals surface area contributed by atoms with Crippen molar-refractivity contribution in [3.63, 3.8) is 0 Å². The van der Waals surface area contributed by atoms with Gasteiger partial charge in [0.05, 0.1) is 17.3 Å². The van der Waals surface area contributed by atoms with Gasteiger partial charge in [-0.2, -0.15) is 8.42 Å². The first-order valence-corrected chi connectivity index (χ1v) is 9.80. The van der Waals surface area contributed by atoms with Crippen molar-refractivity contribution in [1.82, 2.24) is 0 Å². The maximum Gasteiger partial charge on any atom is 0.319 e. The SMILES string of the molecule is O=S(=O)(ON1CCc2ccccc21)c1cc(Cl)c2ccccc2c1Cl. The number of rotatable bonds is 3. The van der Waals surface area contributed by atoms with Crippen LogP contribution < -0.4 is 5.06 Å². The monoisotopic (exact) mass is 393 g/mol. The van der Waals surface area contributed by atoms with Crippen molar-refractivity contribution in [2.45, 2.75) is 11.3 Å². The van der Waals surface area contributed by atoms with Crippen molar-refractivity contribution < 1.29 is 12.7 Å². The zero-order valence-corrected chi connectivity index (χ0v) is 15.3. The molecule has 4 rings (SSSR count). The molecular formula is C18H13Cl2NO3S. The molecule has 4 nitrogen and oxygen atoms in total. The first kappa shape index (κ1) is 16.7. The Labute approximate surface area is 155 Å². The van der Waals surface area contributed by atoms with Crippen molar-refractivity contribution in [1.29, 1.82) is 0 Å². The van der Waals surface area contributed by atoms with Crippen LogP contribution in [0.5, 0.6) is 0 Å². The summed E-state index contributed by atoms with van der Waals surface area (Å²) < 4.78 is 31.0. The molecule has 0 unspecified atom stereocenters. The first-order chi connectivity index (χ1) is 12.0.